The Labute approximate surface area is 295 Å². The third-order valence-electron chi connectivity index (χ3n) is 12.4. The smallest absolute Gasteiger partial charge is 0.287 e. The van der Waals surface area contributed by atoms with Crippen molar-refractivity contribution < 1.29 is 32.4 Å². The maximum absolute atomic E-state index is 14.5. The highest BCUT2D eigenvalue weighted by molar-refractivity contribution is 7.92. The predicted molar refractivity (Wildman–Crippen MR) is 191 cm³/mol. The molecule has 49 heavy (non-hydrogen) atoms. The molecule has 0 spiro atoms. The highest BCUT2D eigenvalue weighted by atomic mass is 32.2. The first-order valence-corrected chi connectivity index (χ1v) is 20.6. The zero-order valence-corrected chi connectivity index (χ0v) is 31.6. The van der Waals surface area contributed by atoms with E-state index in [4.69, 9.17) is 0 Å². The molecule has 4 rings (SSSR count). The molecule has 1 N–H and O–H groups in total. The zero-order chi connectivity index (χ0) is 36.2. The Morgan fingerprint density at radius 3 is 2.14 bits per heavy atom. The van der Waals surface area contributed by atoms with Crippen molar-refractivity contribution in [3.8, 4) is 0 Å². The first-order chi connectivity index (χ1) is 22.9. The molecule has 0 bridgehead atoms. The number of hydrogen-bond donors (Lipinski definition) is 1. The summed E-state index contributed by atoms with van der Waals surface area (Å²) in [4.78, 5) is 70.3. The highest BCUT2D eigenvalue weighted by Gasteiger charge is 2.69. The van der Waals surface area contributed by atoms with Crippen LogP contribution in [0.3, 0.4) is 0 Å². The number of amides is 2. The molecule has 4 fully saturated rings. The fraction of sp³-hybridized carbons (Fsp3) is 0.821. The molecular weight excluding hydrogens is 641 g/mol. The van der Waals surface area contributed by atoms with Crippen molar-refractivity contribution in [2.75, 3.05) is 18.8 Å². The summed E-state index contributed by atoms with van der Waals surface area (Å²) < 4.78 is 25.9. The lowest BCUT2D eigenvalue weighted by molar-refractivity contribution is -0.146. The molecule has 2 amide bonds. The number of nitrogens with zero attached hydrogens (tertiary/aromatic N) is 1. The van der Waals surface area contributed by atoms with Gasteiger partial charge in [-0.2, -0.15) is 0 Å². The summed E-state index contributed by atoms with van der Waals surface area (Å²) in [6.07, 6.45) is 12.1. The number of fused-ring (bicyclic) bond motifs is 3. The van der Waals surface area contributed by atoms with Crippen molar-refractivity contribution in [2.24, 2.45) is 34.5 Å². The van der Waals surface area contributed by atoms with Gasteiger partial charge in [0.2, 0.25) is 11.7 Å². The van der Waals surface area contributed by atoms with Crippen LogP contribution in [0.15, 0.2) is 12.7 Å². The average Bonchev–Trinajstić information content (AvgIpc) is 3.32. The van der Waals surface area contributed by atoms with Crippen molar-refractivity contribution in [1.82, 2.24) is 10.2 Å². The third kappa shape index (κ3) is 9.31. The Morgan fingerprint density at radius 2 is 1.53 bits per heavy atom. The Balaban J connectivity index is 1.57. The summed E-state index contributed by atoms with van der Waals surface area (Å²) in [7, 11) is -3.45. The molecule has 0 aromatic carbocycles. The molecule has 2 saturated carbocycles. The van der Waals surface area contributed by atoms with Crippen LogP contribution < -0.4 is 5.32 Å². The molecule has 0 aromatic rings. The molecule has 10 heteroatoms. The van der Waals surface area contributed by atoms with E-state index >= 15 is 0 Å². The molecule has 5 atom stereocenters. The normalized spacial score (nSPS) is 29.5. The van der Waals surface area contributed by atoms with Gasteiger partial charge in [0.15, 0.2) is 15.6 Å². The summed E-state index contributed by atoms with van der Waals surface area (Å²) in [5.41, 5.74) is -0.723. The van der Waals surface area contributed by atoms with Crippen LogP contribution in [0.2, 0.25) is 0 Å². The average molecular weight is 703 g/mol. The maximum atomic E-state index is 14.5. The molecule has 2 aliphatic carbocycles. The van der Waals surface area contributed by atoms with Crippen LogP contribution in [0.25, 0.3) is 0 Å². The minimum atomic E-state index is -3.45. The summed E-state index contributed by atoms with van der Waals surface area (Å²) in [5, 5.41) is 2.57. The van der Waals surface area contributed by atoms with Crippen LogP contribution in [0.5, 0.6) is 0 Å². The quantitative estimate of drug-likeness (QED) is 0.212. The molecular formula is C39H62N2O7S. The van der Waals surface area contributed by atoms with Crippen molar-refractivity contribution in [2.45, 2.75) is 148 Å². The van der Waals surface area contributed by atoms with Gasteiger partial charge in [-0.15, -0.1) is 6.58 Å². The number of nitrogens with one attached hydrogen (secondary N) is 1. The van der Waals surface area contributed by atoms with E-state index in [1.54, 1.807) is 25.7 Å². The van der Waals surface area contributed by atoms with Gasteiger partial charge in [0.1, 0.15) is 5.78 Å². The van der Waals surface area contributed by atoms with Crippen LogP contribution in [0.1, 0.15) is 137 Å². The van der Waals surface area contributed by atoms with Crippen molar-refractivity contribution >= 4 is 39.0 Å². The summed E-state index contributed by atoms with van der Waals surface area (Å²) in [6.45, 7) is 13.6. The number of piperidine rings is 1. The molecule has 4 aliphatic rings. The van der Waals surface area contributed by atoms with Gasteiger partial charge in [-0.05, 0) is 69.1 Å². The van der Waals surface area contributed by atoms with Crippen LogP contribution in [0, 0.1) is 34.5 Å². The number of Topliss-reactive ketones (excluding diaryl/α,β-unsaturated/α-hetero) is 3. The zero-order valence-electron chi connectivity index (χ0n) is 30.8. The SMILES string of the molecule is C=CCNC(=O)C(=O)[C@@H]1CCCCCCCC[C@H](CC(=O)CC2(CS(=O)(=O)C(C)(C)C)CCCCC2)C(=O)N2C[C@H]3[C@@H]([C@H]2C(=O)C1)C3(C)C. The summed E-state index contributed by atoms with van der Waals surface area (Å²) in [6, 6.07) is -0.677. The number of hydrogen-bond acceptors (Lipinski definition) is 7. The van der Waals surface area contributed by atoms with Gasteiger partial charge in [0.05, 0.1) is 16.5 Å². The topological polar surface area (TPSA) is 135 Å². The number of rotatable bonds is 10. The fourth-order valence-electron chi connectivity index (χ4n) is 9.10. The molecule has 0 unspecified atom stereocenters. The Hall–Kier alpha value is -2.36. The first kappa shape index (κ1) is 39.4. The first-order valence-electron chi connectivity index (χ1n) is 18.9. The second-order valence-electron chi connectivity index (χ2n) is 17.4. The summed E-state index contributed by atoms with van der Waals surface area (Å²) in [5.74, 6) is -2.88. The minimum absolute atomic E-state index is 0.0134. The lowest BCUT2D eigenvalue weighted by Gasteiger charge is -2.39. The Bertz CT molecular complexity index is 1370. The van der Waals surface area contributed by atoms with Crippen LogP contribution in [-0.2, 0) is 33.8 Å². The van der Waals surface area contributed by atoms with Crippen molar-refractivity contribution in [3.05, 3.63) is 12.7 Å². The van der Waals surface area contributed by atoms with Gasteiger partial charge in [-0.3, -0.25) is 24.0 Å². The maximum Gasteiger partial charge on any atom is 0.287 e. The Kier molecular flexibility index (Phi) is 12.8. The summed E-state index contributed by atoms with van der Waals surface area (Å²) >= 11 is 0. The highest BCUT2D eigenvalue weighted by Crippen LogP contribution is 2.65. The van der Waals surface area contributed by atoms with Crippen LogP contribution in [0.4, 0.5) is 0 Å². The largest absolute Gasteiger partial charge is 0.346 e. The number of ketones is 3. The van der Waals surface area contributed by atoms with Crippen molar-refractivity contribution in [1.29, 1.82) is 0 Å². The standard InChI is InChI=1S/C39H62N2O7S/c1-7-21-40-35(45)34(44)27-17-13-10-8-9-11-14-18-28(36(46)41-25-30-32(38(30,5)6)33(41)31(43)23-27)22-29(42)24-39(19-15-12-16-20-39)26-49(47,48)37(2,3)4/h7,27-28,30,32-33H,1,8-26H2,2-6H3,(H,40,45)/t27-,28-,30+,32+,33-/m1/s1. The fourth-order valence-corrected chi connectivity index (χ4v) is 10.7. The van der Waals surface area contributed by atoms with Gasteiger partial charge < -0.3 is 10.2 Å². The minimum Gasteiger partial charge on any atom is -0.346 e. The monoisotopic (exact) mass is 702 g/mol. The predicted octanol–water partition coefficient (Wildman–Crippen LogP) is 6.18. The van der Waals surface area contributed by atoms with Gasteiger partial charge >= 0.3 is 0 Å². The van der Waals surface area contributed by atoms with Gasteiger partial charge in [-0.1, -0.05) is 77.7 Å². The van der Waals surface area contributed by atoms with E-state index in [0.717, 1.165) is 57.8 Å². The molecule has 276 valence electrons. The molecule has 2 aliphatic heterocycles. The van der Waals surface area contributed by atoms with E-state index in [9.17, 15) is 32.4 Å². The van der Waals surface area contributed by atoms with E-state index < -0.39 is 49.6 Å². The molecule has 0 radical (unpaired) electrons. The number of sulfone groups is 1. The van der Waals surface area contributed by atoms with Gasteiger partial charge in [0, 0.05) is 44.2 Å². The van der Waals surface area contributed by atoms with Gasteiger partial charge in [0.25, 0.3) is 5.91 Å². The van der Waals surface area contributed by atoms with Crippen LogP contribution in [-0.4, -0.2) is 72.1 Å². The third-order valence-corrected chi connectivity index (χ3v) is 15.2. The van der Waals surface area contributed by atoms with E-state index in [2.05, 4.69) is 25.7 Å². The Morgan fingerprint density at radius 1 is 0.939 bits per heavy atom. The lowest BCUT2D eigenvalue weighted by atomic mass is 9.71. The number of carbonyl (C=O) groups excluding carboxylic acids is 5. The second kappa shape index (κ2) is 15.9. The molecule has 9 nitrogen and oxygen atoms in total. The van der Waals surface area contributed by atoms with E-state index in [1.165, 1.54) is 6.08 Å². The molecule has 2 heterocycles. The lowest BCUT2D eigenvalue weighted by Crippen LogP contribution is -2.49. The van der Waals surface area contributed by atoms with Gasteiger partial charge in [-0.25, -0.2) is 8.42 Å². The van der Waals surface area contributed by atoms with E-state index in [0.29, 0.717) is 32.2 Å². The molecule has 2 saturated heterocycles. The second-order valence-corrected chi connectivity index (χ2v) is 20.1. The number of carbonyl (C=O) groups is 5. The van der Waals surface area contributed by atoms with E-state index in [1.807, 2.05) is 0 Å². The van der Waals surface area contributed by atoms with E-state index in [-0.39, 0.29) is 66.3 Å². The van der Waals surface area contributed by atoms with Crippen molar-refractivity contribution in [3.63, 3.8) is 0 Å². The van der Waals surface area contributed by atoms with Crippen LogP contribution >= 0.6 is 0 Å². The molecule has 0 aromatic heterocycles.